The lowest BCUT2D eigenvalue weighted by atomic mass is 9.90. The molecule has 2 nitrogen and oxygen atoms in total. The zero-order valence-electron chi connectivity index (χ0n) is 15.4. The Labute approximate surface area is 141 Å². The second kappa shape index (κ2) is 9.24. The van der Waals surface area contributed by atoms with E-state index in [2.05, 4.69) is 38.0 Å². The molecule has 2 aliphatic rings. The van der Waals surface area contributed by atoms with Crippen molar-refractivity contribution in [2.75, 3.05) is 19.3 Å². The topological polar surface area (TPSA) is 24.4 Å². The van der Waals surface area contributed by atoms with E-state index >= 15 is 0 Å². The largest absolute Gasteiger partial charge is 0.364 e. The molecule has 0 bridgehead atoms. The molecule has 124 valence electrons. The molecule has 1 aliphatic heterocycles. The van der Waals surface area contributed by atoms with Gasteiger partial charge in [0, 0.05) is 19.3 Å². The van der Waals surface area contributed by atoms with E-state index in [-0.39, 0.29) is 0 Å². The second-order valence-corrected chi connectivity index (χ2v) is 6.70. The van der Waals surface area contributed by atoms with Crippen LogP contribution in [0.3, 0.4) is 0 Å². The third-order valence-corrected chi connectivity index (χ3v) is 5.64. The maximum atomic E-state index is 3.96. The zero-order chi connectivity index (χ0) is 16.7. The molecule has 1 N–H and O–H groups in total. The Kier molecular flexibility index (Phi) is 8.02. The van der Waals surface area contributed by atoms with Gasteiger partial charge in [0.15, 0.2) is 5.17 Å². The van der Waals surface area contributed by atoms with Crippen LogP contribution in [0.1, 0.15) is 53.6 Å². The average Bonchev–Trinajstić information content (AvgIpc) is 3.24. The monoisotopic (exact) mass is 320 g/mol. The van der Waals surface area contributed by atoms with Crippen LogP contribution in [0.2, 0.25) is 0 Å². The van der Waals surface area contributed by atoms with E-state index in [1.54, 1.807) is 41.1 Å². The van der Waals surface area contributed by atoms with Crippen molar-refractivity contribution >= 4 is 16.9 Å². The third kappa shape index (κ3) is 4.28. The van der Waals surface area contributed by atoms with Gasteiger partial charge in [-0.05, 0) is 80.3 Å². The Balaban J connectivity index is 0.000000228. The number of amidine groups is 1. The Morgan fingerprint density at radius 3 is 1.68 bits per heavy atom. The minimum Gasteiger partial charge on any atom is -0.364 e. The fraction of sp³-hybridized carbons (Fsp3) is 0.632. The van der Waals surface area contributed by atoms with Crippen LogP contribution in [-0.4, -0.2) is 24.5 Å². The smallest absolute Gasteiger partial charge is 0.156 e. The maximum absolute atomic E-state index is 3.96. The third-order valence-electron chi connectivity index (χ3n) is 4.63. The number of aliphatic imine (C=N–C) groups is 1. The highest BCUT2D eigenvalue weighted by Crippen LogP contribution is 2.32. The Morgan fingerprint density at radius 2 is 1.36 bits per heavy atom. The molecule has 1 aliphatic carbocycles. The summed E-state index contributed by atoms with van der Waals surface area (Å²) in [5, 5.41) is 4.20. The van der Waals surface area contributed by atoms with Crippen molar-refractivity contribution in [3.05, 3.63) is 33.4 Å². The summed E-state index contributed by atoms with van der Waals surface area (Å²) in [6.07, 6.45) is 3.98. The van der Waals surface area contributed by atoms with Gasteiger partial charge >= 0.3 is 0 Å². The molecule has 1 fully saturated rings. The minimum atomic E-state index is 1.08. The fourth-order valence-corrected chi connectivity index (χ4v) is 3.82. The standard InChI is InChI=1S/C13H18.C4H8N2S.C2H6/c1-8-9(2)11(4)13-7-5-6-12(13)10(8)3;1-5-4-6-2-3-7-4;1-2/h5-7H2,1-4H3;2-3H2,1H3,(H,5,6);1-2H3. The highest BCUT2D eigenvalue weighted by atomic mass is 32.2. The van der Waals surface area contributed by atoms with Crippen molar-refractivity contribution < 1.29 is 0 Å². The molecule has 0 spiro atoms. The number of rotatable bonds is 0. The Bertz CT molecular complexity index is 490. The molecular weight excluding hydrogens is 288 g/mol. The van der Waals surface area contributed by atoms with Gasteiger partial charge in [0.25, 0.3) is 0 Å². The Morgan fingerprint density at radius 1 is 0.864 bits per heavy atom. The van der Waals surface area contributed by atoms with Crippen LogP contribution in [-0.2, 0) is 12.8 Å². The van der Waals surface area contributed by atoms with Crippen molar-refractivity contribution in [1.29, 1.82) is 0 Å². The van der Waals surface area contributed by atoms with Crippen molar-refractivity contribution in [3.8, 4) is 0 Å². The molecule has 0 atom stereocenters. The summed E-state index contributed by atoms with van der Waals surface area (Å²) < 4.78 is 0. The van der Waals surface area contributed by atoms with E-state index in [4.69, 9.17) is 0 Å². The molecule has 1 heterocycles. The highest BCUT2D eigenvalue weighted by Gasteiger charge is 2.18. The van der Waals surface area contributed by atoms with Crippen molar-refractivity contribution in [1.82, 2.24) is 5.32 Å². The second-order valence-electron chi connectivity index (χ2n) is 5.61. The number of benzene rings is 1. The van der Waals surface area contributed by atoms with E-state index in [0.717, 1.165) is 11.7 Å². The first-order valence-corrected chi connectivity index (χ1v) is 9.46. The van der Waals surface area contributed by atoms with Crippen LogP contribution >= 0.6 is 11.8 Å². The number of fused-ring (bicyclic) bond motifs is 1. The van der Waals surface area contributed by atoms with Gasteiger partial charge < -0.3 is 5.32 Å². The normalized spacial score (nSPS) is 17.1. The van der Waals surface area contributed by atoms with Gasteiger partial charge in [0.2, 0.25) is 0 Å². The molecular formula is C19H32N2S. The Hall–Kier alpha value is -0.960. The first kappa shape index (κ1) is 19.1. The van der Waals surface area contributed by atoms with Crippen molar-refractivity contribution in [2.24, 2.45) is 4.99 Å². The van der Waals surface area contributed by atoms with Crippen LogP contribution in [0.15, 0.2) is 4.99 Å². The summed E-state index contributed by atoms with van der Waals surface area (Å²) in [6, 6.07) is 0. The highest BCUT2D eigenvalue weighted by molar-refractivity contribution is 8.14. The number of hydrogen-bond acceptors (Lipinski definition) is 2. The summed E-state index contributed by atoms with van der Waals surface area (Å²) in [4.78, 5) is 3.96. The van der Waals surface area contributed by atoms with Gasteiger partial charge in [-0.1, -0.05) is 25.6 Å². The van der Waals surface area contributed by atoms with Crippen molar-refractivity contribution in [3.63, 3.8) is 0 Å². The van der Waals surface area contributed by atoms with E-state index in [1.165, 1.54) is 36.1 Å². The molecule has 1 aromatic rings. The molecule has 22 heavy (non-hydrogen) atoms. The molecule has 3 heteroatoms. The summed E-state index contributed by atoms with van der Waals surface area (Å²) in [5.41, 5.74) is 9.43. The van der Waals surface area contributed by atoms with Crippen LogP contribution in [0.4, 0.5) is 0 Å². The lowest BCUT2D eigenvalue weighted by Gasteiger charge is -2.15. The average molecular weight is 321 g/mol. The lowest BCUT2D eigenvalue weighted by Crippen LogP contribution is -2.12. The van der Waals surface area contributed by atoms with E-state index < -0.39 is 0 Å². The van der Waals surface area contributed by atoms with Gasteiger partial charge in [-0.2, -0.15) is 0 Å². The first-order valence-electron chi connectivity index (χ1n) is 8.47. The summed E-state index contributed by atoms with van der Waals surface area (Å²) >= 11 is 1.78. The molecule has 1 aromatic carbocycles. The first-order chi connectivity index (χ1) is 10.6. The maximum Gasteiger partial charge on any atom is 0.156 e. The predicted molar refractivity (Wildman–Crippen MR) is 103 cm³/mol. The fourth-order valence-electron chi connectivity index (χ4n) is 3.09. The van der Waals surface area contributed by atoms with Gasteiger partial charge in [0.1, 0.15) is 0 Å². The van der Waals surface area contributed by atoms with Gasteiger partial charge in [-0.3, -0.25) is 4.99 Å². The molecule has 0 unspecified atom stereocenters. The summed E-state index contributed by atoms with van der Waals surface area (Å²) in [7, 11) is 1.81. The number of hydrogen-bond donors (Lipinski definition) is 1. The number of thioether (sulfide) groups is 1. The predicted octanol–water partition coefficient (Wildman–Crippen LogP) is 4.74. The molecule has 0 saturated carbocycles. The van der Waals surface area contributed by atoms with E-state index in [9.17, 15) is 0 Å². The molecule has 1 saturated heterocycles. The van der Waals surface area contributed by atoms with Crippen LogP contribution in [0.5, 0.6) is 0 Å². The molecule has 0 radical (unpaired) electrons. The number of nitrogens with one attached hydrogen (secondary N) is 1. The van der Waals surface area contributed by atoms with Gasteiger partial charge in [0.05, 0.1) is 0 Å². The quantitative estimate of drug-likeness (QED) is 0.746. The zero-order valence-corrected chi connectivity index (χ0v) is 16.2. The molecule has 0 amide bonds. The number of nitrogens with zero attached hydrogens (tertiary/aromatic N) is 1. The van der Waals surface area contributed by atoms with Crippen LogP contribution in [0.25, 0.3) is 0 Å². The summed E-state index contributed by atoms with van der Waals surface area (Å²) in [6.45, 7) is 14.2. The van der Waals surface area contributed by atoms with Crippen LogP contribution < -0.4 is 5.32 Å². The van der Waals surface area contributed by atoms with E-state index in [0.29, 0.717) is 0 Å². The van der Waals surface area contributed by atoms with Gasteiger partial charge in [-0.15, -0.1) is 0 Å². The molecule has 3 rings (SSSR count). The van der Waals surface area contributed by atoms with Crippen LogP contribution in [0, 0.1) is 27.7 Å². The SMILES string of the molecule is CC.CN=C1NCCS1.Cc1c(C)c(C)c2c(c1C)CCC2. The minimum absolute atomic E-state index is 1.08. The van der Waals surface area contributed by atoms with Gasteiger partial charge in [-0.25, -0.2) is 0 Å². The lowest BCUT2D eigenvalue weighted by molar-refractivity contribution is 0.907. The summed E-state index contributed by atoms with van der Waals surface area (Å²) in [5.74, 6) is 1.17. The molecule has 0 aromatic heterocycles. The van der Waals surface area contributed by atoms with Crippen molar-refractivity contribution in [2.45, 2.75) is 60.8 Å². The van der Waals surface area contributed by atoms with E-state index in [1.807, 2.05) is 13.8 Å².